The number of allylic oxidation sites excluding steroid dienone is 4. The maximum atomic E-state index is 5.72. The van der Waals surface area contributed by atoms with E-state index in [9.17, 15) is 0 Å². The minimum Gasteiger partial charge on any atom is -0.497 e. The largest absolute Gasteiger partial charge is 0.497 e. The van der Waals surface area contributed by atoms with E-state index < -0.39 is 0 Å². The molecule has 2 heteroatoms. The van der Waals surface area contributed by atoms with Crippen molar-refractivity contribution in [3.8, 4) is 5.75 Å². The summed E-state index contributed by atoms with van der Waals surface area (Å²) in [6.45, 7) is 25.5. The lowest BCUT2D eigenvalue weighted by Gasteiger charge is -2.31. The highest BCUT2D eigenvalue weighted by Gasteiger charge is 2.37. The van der Waals surface area contributed by atoms with Crippen LogP contribution in [0.2, 0.25) is 0 Å². The first-order valence-corrected chi connectivity index (χ1v) is 15.7. The number of rotatable bonds is 6. The molecule has 0 heterocycles. The minimum absolute atomic E-state index is 0.0726. The molecule has 2 unspecified atom stereocenters. The van der Waals surface area contributed by atoms with Gasteiger partial charge in [0.25, 0.3) is 0 Å². The molecule has 0 amide bonds. The molecule has 0 saturated heterocycles. The lowest BCUT2D eigenvalue weighted by atomic mass is 9.76. The molecule has 3 aromatic carbocycles. The summed E-state index contributed by atoms with van der Waals surface area (Å²) in [5.74, 6) is 1.23. The summed E-state index contributed by atoms with van der Waals surface area (Å²) >= 11 is 0. The average Bonchev–Trinajstić information content (AvgIpc) is 3.09. The van der Waals surface area contributed by atoms with Crippen LogP contribution in [0.3, 0.4) is 0 Å². The van der Waals surface area contributed by atoms with Gasteiger partial charge in [0.2, 0.25) is 0 Å². The summed E-state index contributed by atoms with van der Waals surface area (Å²) in [5, 5.41) is 1.43. The van der Waals surface area contributed by atoms with Gasteiger partial charge in [0.05, 0.1) is 16.6 Å². The van der Waals surface area contributed by atoms with Crippen molar-refractivity contribution in [3.63, 3.8) is 0 Å². The molecule has 0 N–H and O–H groups in total. The Morgan fingerprint density at radius 3 is 1.80 bits per heavy atom. The van der Waals surface area contributed by atoms with Crippen LogP contribution in [0.25, 0.3) is 5.57 Å². The van der Waals surface area contributed by atoms with E-state index in [2.05, 4.69) is 137 Å². The van der Waals surface area contributed by atoms with Gasteiger partial charge in [-0.25, -0.2) is 0 Å². The van der Waals surface area contributed by atoms with Gasteiger partial charge in [0, 0.05) is 5.92 Å². The Balaban J connectivity index is 1.97. The van der Waals surface area contributed by atoms with E-state index in [4.69, 9.17) is 4.74 Å². The second-order valence-corrected chi connectivity index (χ2v) is 15.4. The van der Waals surface area contributed by atoms with E-state index in [0.717, 1.165) is 5.75 Å². The SMILES string of the molecule is COc1cccc(C([Si]c2cc(C)cc(C)c2)C2C(C)=C(C)C(C)=C2c2cc(C(C)(C)C)cc(C(C)(C)C)c2)c1. The second kappa shape index (κ2) is 11.2. The summed E-state index contributed by atoms with van der Waals surface area (Å²) in [5.41, 5.74) is 14.6. The van der Waals surface area contributed by atoms with Gasteiger partial charge >= 0.3 is 0 Å². The average molecular weight is 549 g/mol. The summed E-state index contributed by atoms with van der Waals surface area (Å²) in [6.07, 6.45) is 0. The molecule has 4 rings (SSSR count). The Morgan fingerprint density at radius 2 is 1.27 bits per heavy atom. The maximum absolute atomic E-state index is 5.72. The zero-order valence-electron chi connectivity index (χ0n) is 26.8. The first-order chi connectivity index (χ1) is 18.6. The van der Waals surface area contributed by atoms with E-state index in [1.54, 1.807) is 7.11 Å². The van der Waals surface area contributed by atoms with Gasteiger partial charge in [-0.2, -0.15) is 0 Å². The zero-order valence-corrected chi connectivity index (χ0v) is 27.8. The van der Waals surface area contributed by atoms with Crippen LogP contribution in [-0.2, 0) is 10.8 Å². The Bertz CT molecular complexity index is 1420. The summed E-state index contributed by atoms with van der Waals surface area (Å²) in [6, 6.07) is 23.2. The lowest BCUT2D eigenvalue weighted by Crippen LogP contribution is -2.29. The Labute approximate surface area is 246 Å². The van der Waals surface area contributed by atoms with Crippen molar-refractivity contribution in [3.05, 3.63) is 111 Å². The molecule has 3 aromatic rings. The van der Waals surface area contributed by atoms with Gasteiger partial charge in [-0.3, -0.25) is 0 Å². The van der Waals surface area contributed by atoms with Gasteiger partial charge in [0.1, 0.15) is 5.75 Å². The van der Waals surface area contributed by atoms with Crippen LogP contribution in [0, 0.1) is 19.8 Å². The first-order valence-electron chi connectivity index (χ1n) is 14.6. The molecule has 0 aromatic heterocycles. The highest BCUT2D eigenvalue weighted by Crippen LogP contribution is 2.50. The standard InChI is InChI=1S/C38H48OSi/c1-23-16-24(2)18-33(17-23)40-36(28-14-13-15-32(21-28)39-12)35-27(5)25(3)26(4)34(35)29-19-30(37(6,7)8)22-31(20-29)38(9,10)11/h13-22,35-36H,1-12H3. The number of hydrogen-bond donors (Lipinski definition) is 0. The molecule has 2 atom stereocenters. The van der Waals surface area contributed by atoms with Crippen LogP contribution >= 0.6 is 0 Å². The molecule has 40 heavy (non-hydrogen) atoms. The Hall–Kier alpha value is -2.84. The monoisotopic (exact) mass is 548 g/mol. The quantitative estimate of drug-likeness (QED) is 0.279. The third-order valence-electron chi connectivity index (χ3n) is 8.64. The minimum atomic E-state index is 0.0726. The van der Waals surface area contributed by atoms with Crippen LogP contribution in [0.15, 0.2) is 77.4 Å². The zero-order chi connectivity index (χ0) is 29.6. The van der Waals surface area contributed by atoms with E-state index >= 15 is 0 Å². The highest BCUT2D eigenvalue weighted by atomic mass is 28.2. The molecule has 1 aliphatic carbocycles. The molecule has 0 spiro atoms. The number of ether oxygens (including phenoxy) is 1. The second-order valence-electron chi connectivity index (χ2n) is 13.9. The van der Waals surface area contributed by atoms with Crippen LogP contribution in [0.4, 0.5) is 0 Å². The maximum Gasteiger partial charge on any atom is 0.119 e. The molecule has 0 fully saturated rings. The molecule has 210 valence electrons. The van der Waals surface area contributed by atoms with Crippen LogP contribution < -0.4 is 9.92 Å². The van der Waals surface area contributed by atoms with E-state index in [0.29, 0.717) is 21.0 Å². The Kier molecular flexibility index (Phi) is 8.44. The van der Waals surface area contributed by atoms with Crippen molar-refractivity contribution >= 4 is 20.3 Å². The summed E-state index contributed by atoms with van der Waals surface area (Å²) < 4.78 is 5.72. The molecular formula is C38H48OSi. The number of benzene rings is 3. The van der Waals surface area contributed by atoms with Crippen molar-refractivity contribution in [2.75, 3.05) is 7.11 Å². The first kappa shape index (κ1) is 30.1. The normalized spacial score (nSPS) is 17.1. The molecule has 0 saturated carbocycles. The van der Waals surface area contributed by atoms with Crippen molar-refractivity contribution in [2.45, 2.75) is 92.5 Å². The molecule has 0 bridgehead atoms. The van der Waals surface area contributed by atoms with Crippen molar-refractivity contribution in [2.24, 2.45) is 5.92 Å². The molecule has 1 aliphatic rings. The molecule has 1 nitrogen and oxygen atoms in total. The molecule has 2 radical (unpaired) electrons. The number of aryl methyl sites for hydroxylation is 2. The summed E-state index contributed by atoms with van der Waals surface area (Å²) in [4.78, 5) is 0. The van der Waals surface area contributed by atoms with E-state index in [-0.39, 0.29) is 10.8 Å². The summed E-state index contributed by atoms with van der Waals surface area (Å²) in [7, 11) is 2.41. The topological polar surface area (TPSA) is 9.23 Å². The van der Waals surface area contributed by atoms with Crippen LogP contribution in [0.1, 0.15) is 101 Å². The van der Waals surface area contributed by atoms with Gasteiger partial charge in [-0.1, -0.05) is 112 Å². The van der Waals surface area contributed by atoms with E-state index in [1.807, 2.05) is 0 Å². The van der Waals surface area contributed by atoms with E-state index in [1.165, 1.54) is 60.9 Å². The number of methoxy groups -OCH3 is 1. The lowest BCUT2D eigenvalue weighted by molar-refractivity contribution is 0.414. The van der Waals surface area contributed by atoms with Gasteiger partial charge in [0.15, 0.2) is 0 Å². The van der Waals surface area contributed by atoms with Crippen LogP contribution in [0.5, 0.6) is 5.75 Å². The fourth-order valence-corrected chi connectivity index (χ4v) is 7.98. The fraction of sp³-hybridized carbons (Fsp3) is 0.421. The van der Waals surface area contributed by atoms with Gasteiger partial charge in [-0.15, -0.1) is 0 Å². The highest BCUT2D eigenvalue weighted by molar-refractivity contribution is 6.55. The van der Waals surface area contributed by atoms with Gasteiger partial charge < -0.3 is 4.74 Å². The Morgan fingerprint density at radius 1 is 0.700 bits per heavy atom. The van der Waals surface area contributed by atoms with Crippen LogP contribution in [-0.4, -0.2) is 16.6 Å². The molecular weight excluding hydrogens is 501 g/mol. The smallest absolute Gasteiger partial charge is 0.119 e. The predicted octanol–water partition coefficient (Wildman–Crippen LogP) is 9.42. The predicted molar refractivity (Wildman–Crippen MR) is 175 cm³/mol. The van der Waals surface area contributed by atoms with Crippen molar-refractivity contribution in [1.29, 1.82) is 0 Å². The number of hydrogen-bond acceptors (Lipinski definition) is 1. The van der Waals surface area contributed by atoms with Crippen molar-refractivity contribution in [1.82, 2.24) is 0 Å². The molecule has 0 aliphatic heterocycles. The third kappa shape index (κ3) is 6.23. The third-order valence-corrected chi connectivity index (χ3v) is 10.2. The van der Waals surface area contributed by atoms with Gasteiger partial charge in [-0.05, 0) is 102 Å². The fourth-order valence-electron chi connectivity index (χ4n) is 6.07. The van der Waals surface area contributed by atoms with Crippen molar-refractivity contribution < 1.29 is 4.74 Å².